The molecule has 1 aliphatic rings. The first kappa shape index (κ1) is 24.9. The molecule has 2 unspecified atom stereocenters. The molecule has 0 spiro atoms. The molecule has 2 N–H and O–H groups in total. The number of carboxylic acids is 1. The van der Waals surface area contributed by atoms with Crippen molar-refractivity contribution in [1.82, 2.24) is 5.32 Å². The lowest BCUT2D eigenvalue weighted by atomic mass is 9.79. The van der Waals surface area contributed by atoms with E-state index in [1.165, 1.54) is 57.8 Å². The monoisotopic (exact) mass is 397 g/mol. The Bertz CT molecular complexity index is 413. The highest BCUT2D eigenvalue weighted by atomic mass is 16.5. The Hall–Kier alpha value is -1.10. The number of aliphatic carboxylic acids is 1. The van der Waals surface area contributed by atoms with E-state index in [4.69, 9.17) is 4.74 Å². The minimum atomic E-state index is -0.834. The molecule has 1 saturated carbocycles. The second-order valence-corrected chi connectivity index (χ2v) is 8.27. The number of carboxylic acid groups (broad SMARTS) is 1. The molecular weight excluding hydrogens is 354 g/mol. The molecule has 5 heteroatoms. The molecule has 0 aromatic heterocycles. The van der Waals surface area contributed by atoms with Crippen LogP contribution in [0.1, 0.15) is 103 Å². The van der Waals surface area contributed by atoms with Gasteiger partial charge in [0.1, 0.15) is 0 Å². The summed E-state index contributed by atoms with van der Waals surface area (Å²) in [5.41, 5.74) is 0. The molecule has 5 nitrogen and oxygen atoms in total. The van der Waals surface area contributed by atoms with Crippen molar-refractivity contribution in [1.29, 1.82) is 0 Å². The smallest absolute Gasteiger partial charge is 0.307 e. The number of nitrogens with one attached hydrogen (secondary N) is 1. The van der Waals surface area contributed by atoms with E-state index in [9.17, 15) is 14.7 Å². The number of carbonyl (C=O) groups is 2. The van der Waals surface area contributed by atoms with Crippen LogP contribution in [-0.2, 0) is 14.3 Å². The summed E-state index contributed by atoms with van der Waals surface area (Å²) in [5, 5.41) is 12.2. The van der Waals surface area contributed by atoms with Crippen molar-refractivity contribution in [3.63, 3.8) is 0 Å². The first-order valence-corrected chi connectivity index (χ1v) is 11.7. The van der Waals surface area contributed by atoms with E-state index >= 15 is 0 Å². The first-order chi connectivity index (χ1) is 13.7. The summed E-state index contributed by atoms with van der Waals surface area (Å²) < 4.78 is 5.65. The van der Waals surface area contributed by atoms with Gasteiger partial charge < -0.3 is 15.2 Å². The van der Waals surface area contributed by atoms with Crippen molar-refractivity contribution in [2.75, 3.05) is 19.8 Å². The molecule has 164 valence electrons. The topological polar surface area (TPSA) is 75.6 Å². The van der Waals surface area contributed by atoms with Gasteiger partial charge >= 0.3 is 5.97 Å². The van der Waals surface area contributed by atoms with Crippen LogP contribution in [0.3, 0.4) is 0 Å². The van der Waals surface area contributed by atoms with E-state index in [-0.39, 0.29) is 11.8 Å². The van der Waals surface area contributed by atoms with E-state index in [1.54, 1.807) is 0 Å². The molecule has 0 bridgehead atoms. The van der Waals surface area contributed by atoms with Crippen LogP contribution in [0.4, 0.5) is 0 Å². The van der Waals surface area contributed by atoms with Crippen LogP contribution in [0.15, 0.2) is 0 Å². The Morgan fingerprint density at radius 3 is 1.96 bits per heavy atom. The lowest BCUT2D eigenvalue weighted by Crippen LogP contribution is -2.40. The minimum Gasteiger partial charge on any atom is -0.481 e. The highest BCUT2D eigenvalue weighted by Gasteiger charge is 2.35. The fourth-order valence-electron chi connectivity index (χ4n) is 4.05. The quantitative estimate of drug-likeness (QED) is 0.326. The molecule has 0 heterocycles. The third-order valence-corrected chi connectivity index (χ3v) is 5.83. The normalized spacial score (nSPS) is 19.5. The van der Waals surface area contributed by atoms with Gasteiger partial charge in [0.05, 0.1) is 11.8 Å². The molecule has 1 amide bonds. The van der Waals surface area contributed by atoms with Gasteiger partial charge in [-0.15, -0.1) is 0 Å². The molecule has 1 fully saturated rings. The average molecular weight is 398 g/mol. The van der Waals surface area contributed by atoms with Crippen LogP contribution in [0, 0.1) is 11.8 Å². The number of hydrogen-bond donors (Lipinski definition) is 2. The summed E-state index contributed by atoms with van der Waals surface area (Å²) in [6.45, 7) is 4.28. The van der Waals surface area contributed by atoms with Gasteiger partial charge in [-0.25, -0.2) is 0 Å². The van der Waals surface area contributed by atoms with Crippen LogP contribution in [-0.4, -0.2) is 36.7 Å². The van der Waals surface area contributed by atoms with Crippen LogP contribution in [0.5, 0.6) is 0 Å². The molecule has 2 atom stereocenters. The Labute approximate surface area is 172 Å². The standard InChI is InChI=1S/C23H43NO4/c1-2-3-4-5-6-7-8-9-10-13-18-28-19-14-17-24-22(25)20-15-11-12-16-21(20)23(26)27/h20-21H,2-19H2,1H3,(H,24,25)(H,26,27). The molecule has 1 aliphatic carbocycles. The van der Waals surface area contributed by atoms with Crippen molar-refractivity contribution in [3.8, 4) is 0 Å². The molecule has 0 aromatic carbocycles. The van der Waals surface area contributed by atoms with Gasteiger partial charge in [-0.1, -0.05) is 77.6 Å². The number of ether oxygens (including phenoxy) is 1. The maximum atomic E-state index is 12.2. The first-order valence-electron chi connectivity index (χ1n) is 11.7. The van der Waals surface area contributed by atoms with Crippen molar-refractivity contribution >= 4 is 11.9 Å². The maximum absolute atomic E-state index is 12.2. The van der Waals surface area contributed by atoms with E-state index in [1.807, 2.05) is 0 Å². The lowest BCUT2D eigenvalue weighted by Gasteiger charge is -2.27. The third-order valence-electron chi connectivity index (χ3n) is 5.83. The summed E-state index contributed by atoms with van der Waals surface area (Å²) >= 11 is 0. The molecule has 0 saturated heterocycles. The van der Waals surface area contributed by atoms with Crippen molar-refractivity contribution in [3.05, 3.63) is 0 Å². The van der Waals surface area contributed by atoms with Crippen molar-refractivity contribution in [2.24, 2.45) is 11.8 Å². The Kier molecular flexibility index (Phi) is 15.0. The van der Waals surface area contributed by atoms with E-state index in [0.717, 1.165) is 32.3 Å². The van der Waals surface area contributed by atoms with E-state index in [2.05, 4.69) is 12.2 Å². The molecule has 0 radical (unpaired) electrons. The predicted octanol–water partition coefficient (Wildman–Crippen LogP) is 5.32. The number of hydrogen-bond acceptors (Lipinski definition) is 3. The van der Waals surface area contributed by atoms with Crippen molar-refractivity contribution in [2.45, 2.75) is 103 Å². The molecule has 0 aliphatic heterocycles. The molecular formula is C23H43NO4. The Morgan fingerprint density at radius 2 is 1.36 bits per heavy atom. The van der Waals surface area contributed by atoms with Crippen LogP contribution >= 0.6 is 0 Å². The summed E-state index contributed by atoms with van der Waals surface area (Å²) in [7, 11) is 0. The largest absolute Gasteiger partial charge is 0.481 e. The number of amides is 1. The molecule has 28 heavy (non-hydrogen) atoms. The van der Waals surface area contributed by atoms with Gasteiger partial charge in [-0.3, -0.25) is 9.59 Å². The summed E-state index contributed by atoms with van der Waals surface area (Å²) in [6, 6.07) is 0. The predicted molar refractivity (Wildman–Crippen MR) is 113 cm³/mol. The van der Waals surface area contributed by atoms with Gasteiger partial charge in [0.2, 0.25) is 5.91 Å². The van der Waals surface area contributed by atoms with E-state index < -0.39 is 11.9 Å². The SMILES string of the molecule is CCCCCCCCCCCCOCCCNC(=O)C1CCCCC1C(=O)O. The number of unbranched alkanes of at least 4 members (excludes halogenated alkanes) is 9. The lowest BCUT2D eigenvalue weighted by molar-refractivity contribution is -0.148. The Balaban J connectivity index is 1.88. The second kappa shape index (κ2) is 16.8. The maximum Gasteiger partial charge on any atom is 0.307 e. The summed E-state index contributed by atoms with van der Waals surface area (Å²) in [4.78, 5) is 23.5. The third kappa shape index (κ3) is 11.7. The Morgan fingerprint density at radius 1 is 0.821 bits per heavy atom. The van der Waals surface area contributed by atoms with Gasteiger partial charge in [0.15, 0.2) is 0 Å². The summed E-state index contributed by atoms with van der Waals surface area (Å²) in [6.07, 6.45) is 17.2. The fourth-order valence-corrected chi connectivity index (χ4v) is 4.05. The van der Waals surface area contributed by atoms with Gasteiger partial charge in [0, 0.05) is 19.8 Å². The number of rotatable bonds is 17. The van der Waals surface area contributed by atoms with Crippen LogP contribution in [0.25, 0.3) is 0 Å². The van der Waals surface area contributed by atoms with E-state index in [0.29, 0.717) is 26.0 Å². The molecule has 1 rings (SSSR count). The zero-order valence-corrected chi connectivity index (χ0v) is 18.1. The van der Waals surface area contributed by atoms with Gasteiger partial charge in [0.25, 0.3) is 0 Å². The number of carbonyl (C=O) groups excluding carboxylic acids is 1. The zero-order valence-electron chi connectivity index (χ0n) is 18.1. The minimum absolute atomic E-state index is 0.0956. The van der Waals surface area contributed by atoms with Crippen LogP contribution < -0.4 is 5.32 Å². The zero-order chi connectivity index (χ0) is 20.5. The highest BCUT2D eigenvalue weighted by molar-refractivity contribution is 5.84. The second-order valence-electron chi connectivity index (χ2n) is 8.27. The van der Waals surface area contributed by atoms with Crippen LogP contribution in [0.2, 0.25) is 0 Å². The van der Waals surface area contributed by atoms with Gasteiger partial charge in [-0.05, 0) is 25.7 Å². The van der Waals surface area contributed by atoms with Crippen molar-refractivity contribution < 1.29 is 19.4 Å². The highest BCUT2D eigenvalue weighted by Crippen LogP contribution is 2.30. The van der Waals surface area contributed by atoms with Gasteiger partial charge in [-0.2, -0.15) is 0 Å². The fraction of sp³-hybridized carbons (Fsp3) is 0.913. The molecule has 0 aromatic rings. The summed E-state index contributed by atoms with van der Waals surface area (Å²) in [5.74, 6) is -1.80. The average Bonchev–Trinajstić information content (AvgIpc) is 2.70.